The number of hydrogen-bond acceptors (Lipinski definition) is 5. The number of nitrogens with zero attached hydrogens (tertiary/aromatic N) is 3. The van der Waals surface area contributed by atoms with Gasteiger partial charge in [0.1, 0.15) is 29.1 Å². The van der Waals surface area contributed by atoms with E-state index >= 15 is 0 Å². The maximum absolute atomic E-state index is 5.88. The van der Waals surface area contributed by atoms with E-state index in [1.165, 1.54) is 0 Å². The van der Waals surface area contributed by atoms with Gasteiger partial charge in [0.2, 0.25) is 0 Å². The topological polar surface area (TPSA) is 72.9 Å². The second-order valence-corrected chi connectivity index (χ2v) is 6.86. The fraction of sp³-hybridized carbons (Fsp3) is 0.174. The third kappa shape index (κ3) is 4.78. The van der Waals surface area contributed by atoms with Gasteiger partial charge < -0.3 is 14.5 Å². The molecule has 3 heterocycles. The van der Waals surface area contributed by atoms with Gasteiger partial charge >= 0.3 is 0 Å². The minimum Gasteiger partial charge on any atom is -0.496 e. The van der Waals surface area contributed by atoms with Crippen LogP contribution in [0, 0.1) is 6.92 Å². The van der Waals surface area contributed by atoms with E-state index in [0.29, 0.717) is 29.1 Å². The molecule has 4 rings (SSSR count). The number of aromatic amines is 1. The lowest BCUT2D eigenvalue weighted by molar-refractivity contribution is 0.303. The lowest BCUT2D eigenvalue weighted by atomic mass is 10.1. The Balaban J connectivity index is 0.00000256. The molecule has 30 heavy (non-hydrogen) atoms. The van der Waals surface area contributed by atoms with E-state index in [1.54, 1.807) is 25.6 Å². The molecule has 0 aliphatic heterocycles. The van der Waals surface area contributed by atoms with Crippen molar-refractivity contribution in [1.29, 1.82) is 0 Å². The van der Waals surface area contributed by atoms with Gasteiger partial charge in [-0.15, -0.1) is 0 Å². The lowest BCUT2D eigenvalue weighted by Gasteiger charge is -2.11. The van der Waals surface area contributed by atoms with Crippen LogP contribution in [-0.2, 0) is 6.61 Å². The van der Waals surface area contributed by atoms with Crippen molar-refractivity contribution in [2.45, 2.75) is 21.0 Å². The molecule has 0 amide bonds. The van der Waals surface area contributed by atoms with Crippen LogP contribution in [0.1, 0.15) is 18.7 Å². The molecule has 0 unspecified atom stereocenters. The highest BCUT2D eigenvalue weighted by atomic mass is 35.5. The first-order chi connectivity index (χ1) is 14.1. The quantitative estimate of drug-likeness (QED) is 0.402. The number of imidazole rings is 1. The maximum atomic E-state index is 5.88. The summed E-state index contributed by atoms with van der Waals surface area (Å²) in [5, 5.41) is 0.444. The number of aryl methyl sites for hydroxylation is 1. The highest BCUT2D eigenvalue weighted by Crippen LogP contribution is 2.33. The molecule has 1 N–H and O–H groups in total. The van der Waals surface area contributed by atoms with Crippen LogP contribution in [-0.4, -0.2) is 27.0 Å². The van der Waals surface area contributed by atoms with E-state index in [4.69, 9.17) is 21.1 Å². The molecule has 154 valence electrons. The Morgan fingerprint density at radius 2 is 1.83 bits per heavy atom. The van der Waals surface area contributed by atoms with Crippen molar-refractivity contribution in [2.75, 3.05) is 7.11 Å². The monoisotopic (exact) mass is 422 g/mol. The van der Waals surface area contributed by atoms with Crippen LogP contribution in [0.25, 0.3) is 22.6 Å². The number of H-pyrrole nitrogens is 1. The minimum atomic E-state index is 0. The summed E-state index contributed by atoms with van der Waals surface area (Å²) in [6.07, 6.45) is 5.26. The van der Waals surface area contributed by atoms with Crippen LogP contribution in [0.4, 0.5) is 0 Å². The minimum absolute atomic E-state index is 0. The second kappa shape index (κ2) is 9.41. The van der Waals surface area contributed by atoms with Gasteiger partial charge in [-0.2, -0.15) is 0 Å². The standard InChI is InChI=1S/C22H19ClN4O2.CH4/c1-14-3-4-15(10-24-14)13-29-17-6-7-18(20(9-17)28-2)19-12-26-22(27-19)16-5-8-21(23)25-11-16;/h3-12H,13H2,1-2H3,(H,26,27);1H4. The van der Waals surface area contributed by atoms with E-state index in [0.717, 1.165) is 28.1 Å². The van der Waals surface area contributed by atoms with Crippen molar-refractivity contribution in [1.82, 2.24) is 19.9 Å². The van der Waals surface area contributed by atoms with E-state index in [9.17, 15) is 0 Å². The first kappa shape index (κ1) is 21.3. The van der Waals surface area contributed by atoms with Crippen LogP contribution < -0.4 is 9.47 Å². The molecule has 7 heteroatoms. The normalized spacial score (nSPS) is 10.4. The number of aromatic nitrogens is 4. The van der Waals surface area contributed by atoms with Crippen molar-refractivity contribution in [3.05, 3.63) is 77.5 Å². The highest BCUT2D eigenvalue weighted by Gasteiger charge is 2.12. The number of pyridine rings is 2. The zero-order valence-electron chi connectivity index (χ0n) is 16.0. The van der Waals surface area contributed by atoms with E-state index < -0.39 is 0 Å². The van der Waals surface area contributed by atoms with Gasteiger partial charge in [0.05, 0.1) is 19.0 Å². The number of nitrogens with one attached hydrogen (secondary N) is 1. The van der Waals surface area contributed by atoms with Crippen molar-refractivity contribution in [3.63, 3.8) is 0 Å². The Hall–Kier alpha value is -3.38. The third-order valence-electron chi connectivity index (χ3n) is 4.42. The van der Waals surface area contributed by atoms with Crippen LogP contribution in [0.15, 0.2) is 61.1 Å². The second-order valence-electron chi connectivity index (χ2n) is 6.47. The molecule has 3 aromatic heterocycles. The zero-order valence-corrected chi connectivity index (χ0v) is 16.8. The van der Waals surface area contributed by atoms with Crippen molar-refractivity contribution in [2.24, 2.45) is 0 Å². The van der Waals surface area contributed by atoms with Crippen molar-refractivity contribution >= 4 is 11.6 Å². The average Bonchev–Trinajstić information content (AvgIpc) is 3.23. The van der Waals surface area contributed by atoms with Crippen molar-refractivity contribution in [3.8, 4) is 34.1 Å². The first-order valence-electron chi connectivity index (χ1n) is 9.02. The lowest BCUT2D eigenvalue weighted by Crippen LogP contribution is -1.97. The fourth-order valence-electron chi connectivity index (χ4n) is 2.86. The summed E-state index contributed by atoms with van der Waals surface area (Å²) in [7, 11) is 1.63. The summed E-state index contributed by atoms with van der Waals surface area (Å²) >= 11 is 5.85. The van der Waals surface area contributed by atoms with Gasteiger partial charge in [0, 0.05) is 40.8 Å². The van der Waals surface area contributed by atoms with Crippen LogP contribution >= 0.6 is 11.6 Å². The molecule has 1 aromatic carbocycles. The van der Waals surface area contributed by atoms with Gasteiger partial charge in [-0.3, -0.25) is 4.98 Å². The van der Waals surface area contributed by atoms with E-state index in [-0.39, 0.29) is 7.43 Å². The molecule has 0 saturated heterocycles. The predicted octanol–water partition coefficient (Wildman–Crippen LogP) is 5.72. The zero-order chi connectivity index (χ0) is 20.2. The van der Waals surface area contributed by atoms with Gasteiger partial charge in [0.15, 0.2) is 0 Å². The fourth-order valence-corrected chi connectivity index (χ4v) is 2.97. The molecule has 0 atom stereocenters. The van der Waals surface area contributed by atoms with E-state index in [2.05, 4.69) is 19.9 Å². The SMILES string of the molecule is C.COc1cc(OCc2ccc(C)nc2)ccc1-c1cnc(-c2ccc(Cl)nc2)[nH]1. The smallest absolute Gasteiger partial charge is 0.139 e. The molecule has 0 bridgehead atoms. The van der Waals surface area contributed by atoms with Gasteiger partial charge in [0.25, 0.3) is 0 Å². The van der Waals surface area contributed by atoms with Gasteiger partial charge in [-0.25, -0.2) is 9.97 Å². The number of ether oxygens (including phenoxy) is 2. The molecule has 0 spiro atoms. The number of methoxy groups -OCH3 is 1. The van der Waals surface area contributed by atoms with E-state index in [1.807, 2.05) is 49.5 Å². The van der Waals surface area contributed by atoms with Crippen LogP contribution in [0.2, 0.25) is 5.15 Å². The summed E-state index contributed by atoms with van der Waals surface area (Å²) in [6.45, 7) is 2.39. The molecule has 6 nitrogen and oxygen atoms in total. The molecule has 4 aromatic rings. The number of hydrogen-bond donors (Lipinski definition) is 1. The molecule has 0 aliphatic rings. The Kier molecular flexibility index (Phi) is 6.69. The first-order valence-corrected chi connectivity index (χ1v) is 9.40. The average molecular weight is 423 g/mol. The third-order valence-corrected chi connectivity index (χ3v) is 4.64. The van der Waals surface area contributed by atoms with Gasteiger partial charge in [-0.05, 0) is 37.3 Å². The molecular formula is C23H23ClN4O2. The number of rotatable bonds is 6. The summed E-state index contributed by atoms with van der Waals surface area (Å²) in [4.78, 5) is 16.1. The Bertz CT molecular complexity index is 1110. The highest BCUT2D eigenvalue weighted by molar-refractivity contribution is 6.29. The molecule has 0 radical (unpaired) electrons. The van der Waals surface area contributed by atoms with Crippen molar-refractivity contribution < 1.29 is 9.47 Å². The molecular weight excluding hydrogens is 400 g/mol. The largest absolute Gasteiger partial charge is 0.496 e. The number of halogens is 1. The summed E-state index contributed by atoms with van der Waals surface area (Å²) in [5.74, 6) is 2.11. The number of benzene rings is 1. The molecule has 0 fully saturated rings. The molecule has 0 aliphatic carbocycles. The Morgan fingerprint density at radius 3 is 2.53 bits per heavy atom. The maximum Gasteiger partial charge on any atom is 0.139 e. The summed E-state index contributed by atoms with van der Waals surface area (Å²) < 4.78 is 11.5. The Labute approximate surface area is 180 Å². The summed E-state index contributed by atoms with van der Waals surface area (Å²) in [6, 6.07) is 13.3. The molecule has 0 saturated carbocycles. The van der Waals surface area contributed by atoms with Gasteiger partial charge in [-0.1, -0.05) is 25.1 Å². The predicted molar refractivity (Wildman–Crippen MR) is 119 cm³/mol. The van der Waals surface area contributed by atoms with Crippen LogP contribution in [0.3, 0.4) is 0 Å². The summed E-state index contributed by atoms with van der Waals surface area (Å²) in [5.41, 5.74) is 4.56. The Morgan fingerprint density at radius 1 is 0.967 bits per heavy atom. The van der Waals surface area contributed by atoms with Crippen LogP contribution in [0.5, 0.6) is 11.5 Å².